The monoisotopic (exact) mass is 464 g/mol. The minimum absolute atomic E-state index is 0.103. The Labute approximate surface area is 196 Å². The molecule has 0 aliphatic carbocycles. The number of likely N-dealkylation sites (tertiary alicyclic amines) is 1. The Kier molecular flexibility index (Phi) is 6.64. The summed E-state index contributed by atoms with van der Waals surface area (Å²) in [6.07, 6.45) is 0.330. The number of amides is 2. The zero-order valence-electron chi connectivity index (χ0n) is 20.3. The van der Waals surface area contributed by atoms with Crippen LogP contribution >= 0.6 is 11.6 Å². The molecular formula is C23H34BClN2O5. The molecule has 2 saturated heterocycles. The Hall–Kier alpha value is -1.77. The van der Waals surface area contributed by atoms with Crippen LogP contribution in [0.5, 0.6) is 0 Å². The van der Waals surface area contributed by atoms with Crippen molar-refractivity contribution in [3.05, 3.63) is 28.8 Å². The molecule has 7 nitrogen and oxygen atoms in total. The molecule has 0 unspecified atom stereocenters. The lowest BCUT2D eigenvalue weighted by Crippen LogP contribution is -2.41. The number of halogens is 1. The SMILES string of the molecule is CN(C(=O)c1ccc(B2OC(C)(C)C(C)(C)O2)cc1Cl)[C@H]1CCN(C(=O)OC(C)(C)C)C1. The standard InChI is InChI=1S/C23H34BClN2O5/c1-21(2,3)30-20(29)27-12-11-16(14-27)26(8)19(28)17-10-9-15(13-18(17)25)24-31-22(4,5)23(6,7)32-24/h9-10,13,16H,11-12,14H2,1-8H3/t16-/m0/s1. The average Bonchev–Trinajstić information content (AvgIpc) is 3.22. The largest absolute Gasteiger partial charge is 0.494 e. The van der Waals surface area contributed by atoms with Crippen LogP contribution in [0.4, 0.5) is 4.79 Å². The Morgan fingerprint density at radius 3 is 2.31 bits per heavy atom. The van der Waals surface area contributed by atoms with Gasteiger partial charge in [-0.1, -0.05) is 17.7 Å². The first-order chi connectivity index (χ1) is 14.6. The number of nitrogens with zero attached hydrogens (tertiary/aromatic N) is 2. The fourth-order valence-electron chi connectivity index (χ4n) is 3.74. The van der Waals surface area contributed by atoms with Crippen molar-refractivity contribution in [2.24, 2.45) is 0 Å². The summed E-state index contributed by atoms with van der Waals surface area (Å²) in [6, 6.07) is 5.15. The van der Waals surface area contributed by atoms with Crippen molar-refractivity contribution in [3.63, 3.8) is 0 Å². The van der Waals surface area contributed by atoms with Crippen LogP contribution in [-0.4, -0.2) is 71.9 Å². The van der Waals surface area contributed by atoms with Crippen LogP contribution in [0.2, 0.25) is 5.02 Å². The van der Waals surface area contributed by atoms with Gasteiger partial charge in [-0.3, -0.25) is 4.79 Å². The summed E-state index contributed by atoms with van der Waals surface area (Å²) in [6.45, 7) is 14.4. The van der Waals surface area contributed by atoms with E-state index in [4.69, 9.17) is 25.6 Å². The number of benzene rings is 1. The van der Waals surface area contributed by atoms with Crippen molar-refractivity contribution in [1.29, 1.82) is 0 Å². The van der Waals surface area contributed by atoms with E-state index in [1.54, 1.807) is 29.0 Å². The second kappa shape index (κ2) is 8.54. The fraction of sp³-hybridized carbons (Fsp3) is 0.652. The normalized spacial score (nSPS) is 22.2. The highest BCUT2D eigenvalue weighted by molar-refractivity contribution is 6.62. The van der Waals surface area contributed by atoms with E-state index in [-0.39, 0.29) is 18.0 Å². The molecule has 176 valence electrons. The molecule has 2 aliphatic rings. The van der Waals surface area contributed by atoms with E-state index in [1.165, 1.54) is 0 Å². The van der Waals surface area contributed by atoms with Gasteiger partial charge >= 0.3 is 13.2 Å². The molecule has 2 heterocycles. The van der Waals surface area contributed by atoms with E-state index in [2.05, 4.69) is 0 Å². The maximum absolute atomic E-state index is 13.1. The van der Waals surface area contributed by atoms with E-state index >= 15 is 0 Å². The van der Waals surface area contributed by atoms with E-state index in [0.717, 1.165) is 5.46 Å². The van der Waals surface area contributed by atoms with Crippen LogP contribution in [0.15, 0.2) is 18.2 Å². The van der Waals surface area contributed by atoms with Gasteiger partial charge in [-0.25, -0.2) is 4.79 Å². The van der Waals surface area contributed by atoms with Crippen molar-refractivity contribution >= 4 is 36.2 Å². The zero-order chi connectivity index (χ0) is 24.1. The average molecular weight is 465 g/mol. The second-order valence-corrected chi connectivity index (χ2v) is 11.0. The van der Waals surface area contributed by atoms with Gasteiger partial charge in [0.05, 0.1) is 27.8 Å². The molecule has 0 saturated carbocycles. The first kappa shape index (κ1) is 24.9. The molecule has 3 rings (SSSR count). The molecule has 2 fully saturated rings. The lowest BCUT2D eigenvalue weighted by Gasteiger charge is -2.32. The number of carbonyl (C=O) groups is 2. The smallest absolute Gasteiger partial charge is 0.444 e. The lowest BCUT2D eigenvalue weighted by molar-refractivity contribution is 0.00578. The third-order valence-electron chi connectivity index (χ3n) is 6.43. The van der Waals surface area contributed by atoms with Crippen molar-refractivity contribution in [3.8, 4) is 0 Å². The maximum atomic E-state index is 13.1. The van der Waals surface area contributed by atoms with Gasteiger partial charge in [0.25, 0.3) is 5.91 Å². The first-order valence-corrected chi connectivity index (χ1v) is 11.4. The Morgan fingerprint density at radius 1 is 1.19 bits per heavy atom. The third-order valence-corrected chi connectivity index (χ3v) is 6.74. The topological polar surface area (TPSA) is 68.3 Å². The molecule has 1 aromatic rings. The van der Waals surface area contributed by atoms with Crippen molar-refractivity contribution in [1.82, 2.24) is 9.80 Å². The van der Waals surface area contributed by atoms with E-state index in [0.29, 0.717) is 30.1 Å². The summed E-state index contributed by atoms with van der Waals surface area (Å²) in [5.74, 6) is -0.188. The molecule has 2 aliphatic heterocycles. The predicted octanol–water partition coefficient (Wildman–Crippen LogP) is 3.72. The summed E-state index contributed by atoms with van der Waals surface area (Å²) in [5, 5.41) is 0.344. The minimum Gasteiger partial charge on any atom is -0.444 e. The molecule has 1 aromatic carbocycles. The summed E-state index contributed by atoms with van der Waals surface area (Å²) >= 11 is 6.50. The number of ether oxygens (including phenoxy) is 1. The Bertz CT molecular complexity index is 883. The molecule has 2 amide bonds. The van der Waals surface area contributed by atoms with E-state index in [9.17, 15) is 9.59 Å². The molecule has 0 radical (unpaired) electrons. The zero-order valence-corrected chi connectivity index (χ0v) is 21.1. The number of carbonyl (C=O) groups excluding carboxylic acids is 2. The third kappa shape index (κ3) is 5.08. The van der Waals surface area contributed by atoms with Crippen molar-refractivity contribution < 1.29 is 23.6 Å². The minimum atomic E-state index is -0.552. The van der Waals surface area contributed by atoms with Gasteiger partial charge in [-0.15, -0.1) is 0 Å². The number of likely N-dealkylation sites (N-methyl/N-ethyl adjacent to an activating group) is 1. The van der Waals surface area contributed by atoms with Crippen LogP contribution < -0.4 is 5.46 Å². The number of hydrogen-bond acceptors (Lipinski definition) is 5. The van der Waals surface area contributed by atoms with Crippen LogP contribution in [0.3, 0.4) is 0 Å². The molecule has 0 spiro atoms. The van der Waals surface area contributed by atoms with Gasteiger partial charge in [0, 0.05) is 20.1 Å². The van der Waals surface area contributed by atoms with E-state index in [1.807, 2.05) is 54.5 Å². The van der Waals surface area contributed by atoms with Crippen LogP contribution in [0.25, 0.3) is 0 Å². The summed E-state index contributed by atoms with van der Waals surface area (Å²) in [5.41, 5.74) is -0.290. The molecule has 0 aromatic heterocycles. The predicted molar refractivity (Wildman–Crippen MR) is 125 cm³/mol. The van der Waals surface area contributed by atoms with E-state index < -0.39 is 23.9 Å². The summed E-state index contributed by atoms with van der Waals surface area (Å²) in [7, 11) is 1.20. The van der Waals surface area contributed by atoms with Crippen LogP contribution in [-0.2, 0) is 14.0 Å². The van der Waals surface area contributed by atoms with Gasteiger partial charge in [0.1, 0.15) is 5.60 Å². The highest BCUT2D eigenvalue weighted by atomic mass is 35.5. The lowest BCUT2D eigenvalue weighted by atomic mass is 9.79. The fourth-order valence-corrected chi connectivity index (χ4v) is 4.01. The molecule has 0 N–H and O–H groups in total. The summed E-state index contributed by atoms with van der Waals surface area (Å²) < 4.78 is 17.6. The van der Waals surface area contributed by atoms with Crippen molar-refractivity contribution in [2.45, 2.75) is 77.7 Å². The number of hydrogen-bond donors (Lipinski definition) is 0. The molecule has 1 atom stereocenters. The van der Waals surface area contributed by atoms with Gasteiger partial charge in [0.2, 0.25) is 0 Å². The quantitative estimate of drug-likeness (QED) is 0.638. The number of rotatable bonds is 3. The highest BCUT2D eigenvalue weighted by Crippen LogP contribution is 2.36. The second-order valence-electron chi connectivity index (χ2n) is 10.6. The molecule has 32 heavy (non-hydrogen) atoms. The maximum Gasteiger partial charge on any atom is 0.494 e. The molecule has 9 heteroatoms. The molecular weight excluding hydrogens is 431 g/mol. The van der Waals surface area contributed by atoms with Gasteiger partial charge in [-0.2, -0.15) is 0 Å². The van der Waals surface area contributed by atoms with Gasteiger partial charge in [0.15, 0.2) is 0 Å². The molecule has 0 bridgehead atoms. The van der Waals surface area contributed by atoms with Gasteiger partial charge < -0.3 is 23.8 Å². The van der Waals surface area contributed by atoms with Crippen LogP contribution in [0, 0.1) is 0 Å². The highest BCUT2D eigenvalue weighted by Gasteiger charge is 2.51. The first-order valence-electron chi connectivity index (χ1n) is 11.0. The van der Waals surface area contributed by atoms with Gasteiger partial charge in [-0.05, 0) is 72.5 Å². The summed E-state index contributed by atoms with van der Waals surface area (Å²) in [4.78, 5) is 28.8. The Balaban J connectivity index is 1.67. The van der Waals surface area contributed by atoms with Crippen LogP contribution in [0.1, 0.15) is 65.2 Å². The van der Waals surface area contributed by atoms with Crippen molar-refractivity contribution in [2.75, 3.05) is 20.1 Å². The Morgan fingerprint density at radius 2 is 1.78 bits per heavy atom.